The van der Waals surface area contributed by atoms with Crippen molar-refractivity contribution < 1.29 is 4.79 Å². The first kappa shape index (κ1) is 14.9. The fourth-order valence-corrected chi connectivity index (χ4v) is 3.69. The second-order valence-corrected chi connectivity index (χ2v) is 6.65. The van der Waals surface area contributed by atoms with E-state index in [2.05, 4.69) is 50.9 Å². The Morgan fingerprint density at radius 1 is 1.19 bits per heavy atom. The average molecular weight is 343 g/mol. The summed E-state index contributed by atoms with van der Waals surface area (Å²) in [5, 5.41) is 15.4. The predicted octanol–water partition coefficient (Wildman–Crippen LogP) is 3.28. The van der Waals surface area contributed by atoms with Crippen LogP contribution in [0.5, 0.6) is 0 Å². The summed E-state index contributed by atoms with van der Waals surface area (Å²) in [7, 11) is 0. The Hall–Kier alpha value is -3.41. The van der Waals surface area contributed by atoms with Gasteiger partial charge in [-0.15, -0.1) is 0 Å². The normalized spacial score (nSPS) is 16.5. The van der Waals surface area contributed by atoms with Crippen LogP contribution in [0.3, 0.4) is 0 Å². The smallest absolute Gasteiger partial charge is 0.225 e. The van der Waals surface area contributed by atoms with E-state index in [0.717, 1.165) is 27.7 Å². The zero-order chi connectivity index (χ0) is 17.5. The predicted molar refractivity (Wildman–Crippen MR) is 99.0 cm³/mol. The Morgan fingerprint density at radius 2 is 2.15 bits per heavy atom. The van der Waals surface area contributed by atoms with Crippen LogP contribution in [0.1, 0.15) is 29.0 Å². The Balaban J connectivity index is 1.57. The third-order valence-corrected chi connectivity index (χ3v) is 4.91. The third kappa shape index (κ3) is 2.56. The maximum Gasteiger partial charge on any atom is 0.225 e. The van der Waals surface area contributed by atoms with Gasteiger partial charge >= 0.3 is 0 Å². The van der Waals surface area contributed by atoms with E-state index in [9.17, 15) is 4.79 Å². The van der Waals surface area contributed by atoms with E-state index in [0.29, 0.717) is 13.0 Å². The molecule has 6 heteroatoms. The van der Waals surface area contributed by atoms with E-state index >= 15 is 0 Å². The van der Waals surface area contributed by atoms with Crippen molar-refractivity contribution in [3.05, 3.63) is 77.7 Å². The van der Waals surface area contributed by atoms with Crippen LogP contribution in [0.15, 0.2) is 61.1 Å². The number of hydrogen-bond donors (Lipinski definition) is 2. The number of anilines is 1. The first-order chi connectivity index (χ1) is 12.8. The summed E-state index contributed by atoms with van der Waals surface area (Å²) in [4.78, 5) is 12.3. The summed E-state index contributed by atoms with van der Waals surface area (Å²) in [6.45, 7) is 0.716. The van der Waals surface area contributed by atoms with Crippen LogP contribution < -0.4 is 5.32 Å². The van der Waals surface area contributed by atoms with Crippen molar-refractivity contribution in [1.82, 2.24) is 20.0 Å². The van der Waals surface area contributed by atoms with Crippen LogP contribution in [0.2, 0.25) is 0 Å². The Labute approximate surface area is 149 Å². The lowest BCUT2D eigenvalue weighted by molar-refractivity contribution is -0.116. The van der Waals surface area contributed by atoms with Crippen LogP contribution in [0, 0.1) is 0 Å². The first-order valence-electron chi connectivity index (χ1n) is 8.59. The molecule has 2 aromatic carbocycles. The van der Waals surface area contributed by atoms with E-state index in [1.54, 1.807) is 6.20 Å². The van der Waals surface area contributed by atoms with Crippen LogP contribution >= 0.6 is 0 Å². The minimum absolute atomic E-state index is 0.0376. The molecule has 5 rings (SSSR count). The van der Waals surface area contributed by atoms with Gasteiger partial charge in [-0.2, -0.15) is 10.2 Å². The quantitative estimate of drug-likeness (QED) is 0.599. The lowest BCUT2D eigenvalue weighted by atomic mass is 9.83. The van der Waals surface area contributed by atoms with Gasteiger partial charge < -0.3 is 5.32 Å². The molecule has 2 aromatic heterocycles. The Bertz CT molecular complexity index is 1100. The molecular weight excluding hydrogens is 326 g/mol. The number of benzene rings is 2. The number of aromatic amines is 1. The highest BCUT2D eigenvalue weighted by Gasteiger charge is 2.27. The van der Waals surface area contributed by atoms with Crippen LogP contribution in [-0.2, 0) is 11.3 Å². The van der Waals surface area contributed by atoms with Gasteiger partial charge in [0.15, 0.2) is 0 Å². The Kier molecular flexibility index (Phi) is 3.35. The van der Waals surface area contributed by atoms with E-state index in [4.69, 9.17) is 0 Å². The number of carbonyl (C=O) groups excluding carboxylic acids is 1. The minimum atomic E-state index is 0.0376. The monoisotopic (exact) mass is 343 g/mol. The molecule has 4 aromatic rings. The number of rotatable bonds is 3. The molecule has 0 aliphatic carbocycles. The summed E-state index contributed by atoms with van der Waals surface area (Å²) < 4.78 is 1.90. The summed E-state index contributed by atoms with van der Waals surface area (Å²) in [5.74, 6) is 0.0782. The molecule has 1 amide bonds. The van der Waals surface area contributed by atoms with Crippen molar-refractivity contribution in [2.24, 2.45) is 0 Å². The molecule has 1 aliphatic rings. The van der Waals surface area contributed by atoms with Crippen molar-refractivity contribution in [2.45, 2.75) is 18.9 Å². The van der Waals surface area contributed by atoms with Gasteiger partial charge in [0, 0.05) is 35.8 Å². The van der Waals surface area contributed by atoms with Gasteiger partial charge in [0.25, 0.3) is 0 Å². The van der Waals surface area contributed by atoms with Crippen LogP contribution in [-0.4, -0.2) is 25.9 Å². The number of carbonyl (C=O) groups is 1. The molecule has 26 heavy (non-hydrogen) atoms. The third-order valence-electron chi connectivity index (χ3n) is 4.91. The molecule has 1 atom stereocenters. The van der Waals surface area contributed by atoms with Gasteiger partial charge in [0.2, 0.25) is 5.91 Å². The zero-order valence-electron chi connectivity index (χ0n) is 14.0. The fourth-order valence-electron chi connectivity index (χ4n) is 3.69. The molecule has 0 saturated carbocycles. The highest BCUT2D eigenvalue weighted by atomic mass is 16.1. The van der Waals surface area contributed by atoms with Gasteiger partial charge in [-0.1, -0.05) is 24.3 Å². The molecule has 0 bridgehead atoms. The highest BCUT2D eigenvalue weighted by molar-refractivity contribution is 5.98. The topological polar surface area (TPSA) is 75.6 Å². The molecule has 1 unspecified atom stereocenters. The fraction of sp³-hybridized carbons (Fsp3) is 0.150. The van der Waals surface area contributed by atoms with Crippen molar-refractivity contribution in [3.63, 3.8) is 0 Å². The molecule has 0 fully saturated rings. The summed E-state index contributed by atoms with van der Waals surface area (Å²) in [6.07, 6.45) is 5.99. The molecule has 2 N–H and O–H groups in total. The van der Waals surface area contributed by atoms with Crippen molar-refractivity contribution in [1.29, 1.82) is 0 Å². The largest absolute Gasteiger partial charge is 0.326 e. The minimum Gasteiger partial charge on any atom is -0.326 e. The Morgan fingerprint density at radius 3 is 3.04 bits per heavy atom. The number of nitrogens with zero attached hydrogens (tertiary/aromatic N) is 3. The van der Waals surface area contributed by atoms with Crippen molar-refractivity contribution >= 4 is 22.5 Å². The maximum atomic E-state index is 12.3. The van der Waals surface area contributed by atoms with E-state index in [1.807, 2.05) is 29.2 Å². The molecule has 3 heterocycles. The van der Waals surface area contributed by atoms with Gasteiger partial charge in [-0.25, -0.2) is 0 Å². The molecule has 0 spiro atoms. The summed E-state index contributed by atoms with van der Waals surface area (Å²) >= 11 is 0. The lowest BCUT2D eigenvalue weighted by Gasteiger charge is -2.26. The second-order valence-electron chi connectivity index (χ2n) is 6.65. The van der Waals surface area contributed by atoms with Gasteiger partial charge in [-0.3, -0.25) is 14.6 Å². The molecule has 128 valence electrons. The molecule has 6 nitrogen and oxygen atoms in total. The number of H-pyrrole nitrogens is 1. The van der Waals surface area contributed by atoms with E-state index < -0.39 is 0 Å². The summed E-state index contributed by atoms with van der Waals surface area (Å²) in [6, 6.07) is 14.4. The number of amides is 1. The first-order valence-corrected chi connectivity index (χ1v) is 8.59. The van der Waals surface area contributed by atoms with E-state index in [1.165, 1.54) is 5.56 Å². The van der Waals surface area contributed by atoms with Crippen LogP contribution in [0.25, 0.3) is 10.9 Å². The SMILES string of the molecule is O=C1CC(c2cccc(Cn3cccn3)c2)c2cc3cn[nH]c3cc2N1. The van der Waals surface area contributed by atoms with Crippen molar-refractivity contribution in [3.8, 4) is 0 Å². The standard InChI is InChI=1S/C20H17N5O/c26-20-9-16(17-8-15-11-21-24-18(15)10-19(17)23-20)14-4-1-3-13(7-14)12-25-6-2-5-22-25/h1-8,10-11,16H,9,12H2,(H,21,24)(H,23,26). The molecule has 0 saturated heterocycles. The van der Waals surface area contributed by atoms with Crippen LogP contribution in [0.4, 0.5) is 5.69 Å². The van der Waals surface area contributed by atoms with E-state index in [-0.39, 0.29) is 11.8 Å². The summed E-state index contributed by atoms with van der Waals surface area (Å²) in [5.41, 5.74) is 5.24. The van der Waals surface area contributed by atoms with Gasteiger partial charge in [0.1, 0.15) is 0 Å². The zero-order valence-corrected chi connectivity index (χ0v) is 14.0. The molecule has 0 radical (unpaired) electrons. The maximum absolute atomic E-state index is 12.3. The molecular formula is C20H17N5O. The second kappa shape index (κ2) is 5.84. The number of nitrogens with one attached hydrogen (secondary N) is 2. The van der Waals surface area contributed by atoms with Crippen molar-refractivity contribution in [2.75, 3.05) is 5.32 Å². The number of hydrogen-bond acceptors (Lipinski definition) is 3. The van der Waals surface area contributed by atoms with Gasteiger partial charge in [0.05, 0.1) is 18.3 Å². The van der Waals surface area contributed by atoms with Gasteiger partial charge in [-0.05, 0) is 34.9 Å². The average Bonchev–Trinajstić information content (AvgIpc) is 3.31. The molecule has 1 aliphatic heterocycles. The number of fused-ring (bicyclic) bond motifs is 2. The highest BCUT2D eigenvalue weighted by Crippen LogP contribution is 2.39. The number of aromatic nitrogens is 4. The lowest BCUT2D eigenvalue weighted by Crippen LogP contribution is -2.23.